The predicted molar refractivity (Wildman–Crippen MR) is 40.1 cm³/mol. The standard InChI is InChI=1S/C8H12O3/c1-4-6-7(5-9)11-8(2,3)10-6/h4-7H,1H2,2-3H3/t6-,7?/m1/s1. The van der Waals surface area contributed by atoms with Gasteiger partial charge in [-0.15, -0.1) is 6.58 Å². The fourth-order valence-corrected chi connectivity index (χ4v) is 1.10. The van der Waals surface area contributed by atoms with Crippen LogP contribution in [0.3, 0.4) is 0 Å². The van der Waals surface area contributed by atoms with E-state index in [-0.39, 0.29) is 6.10 Å². The minimum Gasteiger partial charge on any atom is -0.340 e. The number of rotatable bonds is 2. The molecule has 0 bridgehead atoms. The largest absolute Gasteiger partial charge is 0.340 e. The Morgan fingerprint density at radius 2 is 1.91 bits per heavy atom. The predicted octanol–water partition coefficient (Wildman–Crippen LogP) is 0.891. The number of hydrogen-bond acceptors (Lipinski definition) is 3. The molecule has 3 nitrogen and oxygen atoms in total. The molecule has 11 heavy (non-hydrogen) atoms. The van der Waals surface area contributed by atoms with Crippen molar-refractivity contribution >= 4 is 6.29 Å². The Bertz CT molecular complexity index is 156. The normalized spacial score (nSPS) is 35.1. The third kappa shape index (κ3) is 1.67. The van der Waals surface area contributed by atoms with E-state index >= 15 is 0 Å². The van der Waals surface area contributed by atoms with Crippen LogP contribution >= 0.6 is 0 Å². The molecule has 62 valence electrons. The minimum atomic E-state index is -0.662. The van der Waals surface area contributed by atoms with Crippen molar-refractivity contribution in [1.29, 1.82) is 0 Å². The smallest absolute Gasteiger partial charge is 0.164 e. The summed E-state index contributed by atoms with van der Waals surface area (Å²) in [6.07, 6.45) is 1.51. The maximum absolute atomic E-state index is 10.4. The van der Waals surface area contributed by atoms with Crippen molar-refractivity contribution in [3.8, 4) is 0 Å². The molecule has 0 aromatic rings. The fourth-order valence-electron chi connectivity index (χ4n) is 1.10. The monoisotopic (exact) mass is 156 g/mol. The van der Waals surface area contributed by atoms with E-state index in [9.17, 15) is 4.79 Å². The highest BCUT2D eigenvalue weighted by Crippen LogP contribution is 2.27. The van der Waals surface area contributed by atoms with Crippen molar-refractivity contribution in [3.63, 3.8) is 0 Å². The first kappa shape index (κ1) is 8.43. The lowest BCUT2D eigenvalue weighted by Gasteiger charge is -2.15. The highest BCUT2D eigenvalue weighted by molar-refractivity contribution is 5.58. The molecule has 3 heteroatoms. The van der Waals surface area contributed by atoms with Crippen LogP contribution in [0, 0.1) is 0 Å². The van der Waals surface area contributed by atoms with Crippen LogP contribution in [0.2, 0.25) is 0 Å². The lowest BCUT2D eigenvalue weighted by Crippen LogP contribution is -2.22. The summed E-state index contributed by atoms with van der Waals surface area (Å²) in [5, 5.41) is 0. The molecular formula is C8H12O3. The molecule has 2 atom stereocenters. The molecular weight excluding hydrogens is 144 g/mol. The van der Waals surface area contributed by atoms with Crippen LogP contribution in [0.25, 0.3) is 0 Å². The van der Waals surface area contributed by atoms with Crippen LogP contribution in [0.5, 0.6) is 0 Å². The quantitative estimate of drug-likeness (QED) is 0.440. The summed E-state index contributed by atoms with van der Waals surface area (Å²) in [4.78, 5) is 10.4. The zero-order valence-corrected chi connectivity index (χ0v) is 6.74. The van der Waals surface area contributed by atoms with E-state index in [0.29, 0.717) is 0 Å². The Morgan fingerprint density at radius 1 is 1.36 bits per heavy atom. The summed E-state index contributed by atoms with van der Waals surface area (Å²) < 4.78 is 10.6. The number of ether oxygens (including phenoxy) is 2. The van der Waals surface area contributed by atoms with Crippen molar-refractivity contribution < 1.29 is 14.3 Å². The topological polar surface area (TPSA) is 35.5 Å². The zero-order valence-electron chi connectivity index (χ0n) is 6.74. The molecule has 1 heterocycles. The van der Waals surface area contributed by atoms with Crippen molar-refractivity contribution in [2.45, 2.75) is 31.8 Å². The Kier molecular flexibility index (Phi) is 2.11. The average molecular weight is 156 g/mol. The van der Waals surface area contributed by atoms with E-state index in [2.05, 4.69) is 6.58 Å². The van der Waals surface area contributed by atoms with Gasteiger partial charge in [-0.25, -0.2) is 0 Å². The van der Waals surface area contributed by atoms with Gasteiger partial charge in [0.15, 0.2) is 12.1 Å². The zero-order chi connectivity index (χ0) is 8.48. The van der Waals surface area contributed by atoms with Gasteiger partial charge >= 0.3 is 0 Å². The number of carbonyl (C=O) groups excluding carboxylic acids is 1. The van der Waals surface area contributed by atoms with Gasteiger partial charge in [0.05, 0.1) is 0 Å². The van der Waals surface area contributed by atoms with E-state index in [1.807, 2.05) is 0 Å². The van der Waals surface area contributed by atoms with Gasteiger partial charge in [0.2, 0.25) is 0 Å². The second kappa shape index (κ2) is 2.75. The van der Waals surface area contributed by atoms with Crippen molar-refractivity contribution in [3.05, 3.63) is 12.7 Å². The van der Waals surface area contributed by atoms with Crippen LogP contribution in [0.15, 0.2) is 12.7 Å². The van der Waals surface area contributed by atoms with Gasteiger partial charge in [0.1, 0.15) is 12.2 Å². The summed E-state index contributed by atoms with van der Waals surface area (Å²) >= 11 is 0. The molecule has 1 saturated heterocycles. The average Bonchev–Trinajstić information content (AvgIpc) is 2.25. The Balaban J connectivity index is 2.69. The van der Waals surface area contributed by atoms with Crippen molar-refractivity contribution in [2.24, 2.45) is 0 Å². The van der Waals surface area contributed by atoms with Crippen LogP contribution < -0.4 is 0 Å². The fraction of sp³-hybridized carbons (Fsp3) is 0.625. The van der Waals surface area contributed by atoms with E-state index in [4.69, 9.17) is 9.47 Å². The van der Waals surface area contributed by atoms with Gasteiger partial charge in [-0.3, -0.25) is 0 Å². The third-order valence-corrected chi connectivity index (χ3v) is 1.53. The van der Waals surface area contributed by atoms with E-state index in [0.717, 1.165) is 6.29 Å². The maximum atomic E-state index is 10.4. The molecule has 1 unspecified atom stereocenters. The van der Waals surface area contributed by atoms with Crippen LogP contribution in [-0.2, 0) is 14.3 Å². The molecule has 1 fully saturated rings. The number of hydrogen-bond donors (Lipinski definition) is 0. The Labute approximate surface area is 66.0 Å². The highest BCUT2D eigenvalue weighted by Gasteiger charge is 2.39. The SMILES string of the molecule is C=C[C@H]1OC(C)(C)OC1C=O. The molecule has 0 aliphatic carbocycles. The third-order valence-electron chi connectivity index (χ3n) is 1.53. The number of aldehydes is 1. The maximum Gasteiger partial charge on any atom is 0.164 e. The molecule has 0 aromatic heterocycles. The van der Waals surface area contributed by atoms with Gasteiger partial charge in [-0.05, 0) is 13.8 Å². The van der Waals surface area contributed by atoms with Crippen molar-refractivity contribution in [2.75, 3.05) is 0 Å². The summed E-state index contributed by atoms with van der Waals surface area (Å²) in [6.45, 7) is 7.08. The molecule has 1 aliphatic heterocycles. The van der Waals surface area contributed by atoms with Crippen LogP contribution in [0.1, 0.15) is 13.8 Å². The van der Waals surface area contributed by atoms with Crippen LogP contribution in [0.4, 0.5) is 0 Å². The first-order chi connectivity index (χ1) is 5.09. The lowest BCUT2D eigenvalue weighted by atomic mass is 10.2. The molecule has 0 saturated carbocycles. The van der Waals surface area contributed by atoms with E-state index in [1.165, 1.54) is 0 Å². The van der Waals surface area contributed by atoms with Gasteiger partial charge in [-0.1, -0.05) is 6.08 Å². The van der Waals surface area contributed by atoms with Gasteiger partial charge in [0, 0.05) is 0 Å². The highest BCUT2D eigenvalue weighted by atomic mass is 16.8. The minimum absolute atomic E-state index is 0.303. The molecule has 0 spiro atoms. The first-order valence-electron chi connectivity index (χ1n) is 3.52. The Morgan fingerprint density at radius 3 is 2.27 bits per heavy atom. The molecule has 0 aromatic carbocycles. The van der Waals surface area contributed by atoms with Gasteiger partial charge in [0.25, 0.3) is 0 Å². The van der Waals surface area contributed by atoms with Crippen molar-refractivity contribution in [1.82, 2.24) is 0 Å². The lowest BCUT2D eigenvalue weighted by molar-refractivity contribution is -0.148. The summed E-state index contributed by atoms with van der Waals surface area (Å²) in [5.41, 5.74) is 0. The van der Waals surface area contributed by atoms with E-state index in [1.54, 1.807) is 19.9 Å². The van der Waals surface area contributed by atoms with Crippen LogP contribution in [-0.4, -0.2) is 24.3 Å². The summed E-state index contributed by atoms with van der Waals surface area (Å²) in [7, 11) is 0. The first-order valence-corrected chi connectivity index (χ1v) is 3.52. The second-order valence-corrected chi connectivity index (χ2v) is 2.94. The molecule has 0 amide bonds. The number of carbonyl (C=O) groups is 1. The second-order valence-electron chi connectivity index (χ2n) is 2.94. The molecule has 0 radical (unpaired) electrons. The molecule has 0 N–H and O–H groups in total. The molecule has 1 rings (SSSR count). The van der Waals surface area contributed by atoms with Gasteiger partial charge < -0.3 is 14.3 Å². The summed E-state index contributed by atoms with van der Waals surface area (Å²) in [6, 6.07) is 0. The van der Waals surface area contributed by atoms with E-state index < -0.39 is 11.9 Å². The van der Waals surface area contributed by atoms with Gasteiger partial charge in [-0.2, -0.15) is 0 Å². The summed E-state index contributed by atoms with van der Waals surface area (Å²) in [5.74, 6) is -0.662. The Hall–Kier alpha value is -0.670. The molecule has 1 aliphatic rings.